The number of nitrogens with zero attached hydrogens (tertiary/aromatic N) is 2. The lowest BCUT2D eigenvalue weighted by Crippen LogP contribution is -2.20. The second-order valence-corrected chi connectivity index (χ2v) is 10.4. The zero-order valence-corrected chi connectivity index (χ0v) is 19.9. The molecule has 31 heavy (non-hydrogen) atoms. The summed E-state index contributed by atoms with van der Waals surface area (Å²) in [4.78, 5) is 17.2. The van der Waals surface area contributed by atoms with Crippen molar-refractivity contribution in [1.29, 1.82) is 0 Å². The summed E-state index contributed by atoms with van der Waals surface area (Å²) in [5, 5.41) is 0.967. The topological polar surface area (TPSA) is 87.0 Å². The lowest BCUT2D eigenvalue weighted by Gasteiger charge is -2.06. The smallest absolute Gasteiger partial charge is 0.249 e. The van der Waals surface area contributed by atoms with E-state index in [1.807, 2.05) is 0 Å². The van der Waals surface area contributed by atoms with E-state index in [1.165, 1.54) is 30.6 Å². The van der Waals surface area contributed by atoms with E-state index in [-0.39, 0.29) is 17.1 Å². The molecule has 1 amide bonds. The van der Waals surface area contributed by atoms with Crippen molar-refractivity contribution in [3.8, 4) is 5.75 Å². The molecule has 0 aliphatic carbocycles. The first-order chi connectivity index (χ1) is 14.8. The van der Waals surface area contributed by atoms with Crippen LogP contribution in [0.1, 0.15) is 6.42 Å². The molecule has 0 radical (unpaired) electrons. The molecule has 0 unspecified atom stereocenters. The lowest BCUT2D eigenvalue weighted by molar-refractivity contribution is -0.117. The molecule has 0 spiro atoms. The van der Waals surface area contributed by atoms with Gasteiger partial charge in [-0.1, -0.05) is 34.5 Å². The van der Waals surface area contributed by atoms with E-state index in [9.17, 15) is 13.2 Å². The standard InChI is InChI=1S/C20H20Cl2N2O5S2/c1-28-11-10-24-18-15(21)7-8-16(22)19(18)30-20(24)23-17(25)9-12-31(26,27)14-5-3-13(29-2)4-6-14/h3-8H,9-12H2,1-2H3. The molecule has 0 N–H and O–H groups in total. The number of amides is 1. The maximum atomic E-state index is 12.5. The van der Waals surface area contributed by atoms with Gasteiger partial charge >= 0.3 is 0 Å². The van der Waals surface area contributed by atoms with Crippen molar-refractivity contribution in [3.63, 3.8) is 0 Å². The molecule has 0 bridgehead atoms. The fourth-order valence-electron chi connectivity index (χ4n) is 2.87. The van der Waals surface area contributed by atoms with E-state index in [0.29, 0.717) is 44.0 Å². The van der Waals surface area contributed by atoms with Gasteiger partial charge in [0.2, 0.25) is 5.91 Å². The third-order valence-corrected chi connectivity index (χ3v) is 8.05. The number of benzene rings is 2. The molecule has 7 nitrogen and oxygen atoms in total. The molecule has 0 fully saturated rings. The second kappa shape index (κ2) is 10.1. The summed E-state index contributed by atoms with van der Waals surface area (Å²) in [6.45, 7) is 0.786. The number of methoxy groups -OCH3 is 2. The zero-order chi connectivity index (χ0) is 22.6. The Bertz CT molecular complexity index is 1270. The molecule has 0 aliphatic heterocycles. The van der Waals surface area contributed by atoms with Crippen LogP contribution in [-0.4, -0.2) is 45.5 Å². The molecule has 3 rings (SSSR count). The highest BCUT2D eigenvalue weighted by Crippen LogP contribution is 2.31. The highest BCUT2D eigenvalue weighted by molar-refractivity contribution is 7.91. The molecule has 166 valence electrons. The first-order valence-corrected chi connectivity index (χ1v) is 12.4. The highest BCUT2D eigenvalue weighted by atomic mass is 35.5. The normalized spacial score (nSPS) is 12.5. The summed E-state index contributed by atoms with van der Waals surface area (Å²) in [5.41, 5.74) is 0.661. The summed E-state index contributed by atoms with van der Waals surface area (Å²) in [6, 6.07) is 9.37. The number of carbonyl (C=O) groups is 1. The number of aromatic nitrogens is 1. The summed E-state index contributed by atoms with van der Waals surface area (Å²) in [7, 11) is -0.575. The fourth-order valence-corrected chi connectivity index (χ4v) is 5.79. The number of carbonyl (C=O) groups excluding carboxylic acids is 1. The van der Waals surface area contributed by atoms with Crippen molar-refractivity contribution >= 4 is 60.5 Å². The fraction of sp³-hybridized carbons (Fsp3) is 0.300. The van der Waals surface area contributed by atoms with Gasteiger partial charge in [-0.25, -0.2) is 8.42 Å². The molecule has 11 heteroatoms. The maximum Gasteiger partial charge on any atom is 0.249 e. The predicted molar refractivity (Wildman–Crippen MR) is 122 cm³/mol. The van der Waals surface area contributed by atoms with Gasteiger partial charge in [0.15, 0.2) is 14.6 Å². The average Bonchev–Trinajstić information content (AvgIpc) is 3.12. The average molecular weight is 503 g/mol. The first-order valence-electron chi connectivity index (χ1n) is 9.17. The van der Waals surface area contributed by atoms with Gasteiger partial charge in [-0.3, -0.25) is 4.79 Å². The Kier molecular flexibility index (Phi) is 7.77. The van der Waals surface area contributed by atoms with Gasteiger partial charge in [0.25, 0.3) is 0 Å². The van der Waals surface area contributed by atoms with Crippen LogP contribution in [0.4, 0.5) is 0 Å². The molecule has 0 saturated carbocycles. The van der Waals surface area contributed by atoms with Gasteiger partial charge in [0.05, 0.1) is 44.6 Å². The van der Waals surface area contributed by atoms with Gasteiger partial charge < -0.3 is 14.0 Å². The Morgan fingerprint density at radius 3 is 2.42 bits per heavy atom. The van der Waals surface area contributed by atoms with Gasteiger partial charge in [-0.2, -0.15) is 4.99 Å². The number of thiazole rings is 1. The van der Waals surface area contributed by atoms with E-state index >= 15 is 0 Å². The maximum absolute atomic E-state index is 12.5. The Balaban J connectivity index is 1.87. The Morgan fingerprint density at radius 1 is 1.10 bits per heavy atom. The largest absolute Gasteiger partial charge is 0.497 e. The van der Waals surface area contributed by atoms with Crippen LogP contribution < -0.4 is 9.54 Å². The lowest BCUT2D eigenvalue weighted by atomic mass is 10.3. The van der Waals surface area contributed by atoms with Crippen LogP contribution in [-0.2, 0) is 25.9 Å². The van der Waals surface area contributed by atoms with Crippen molar-refractivity contribution in [1.82, 2.24) is 4.57 Å². The molecule has 0 atom stereocenters. The van der Waals surface area contributed by atoms with Crippen molar-refractivity contribution < 1.29 is 22.7 Å². The molecule has 3 aromatic rings. The zero-order valence-electron chi connectivity index (χ0n) is 16.8. The van der Waals surface area contributed by atoms with Crippen LogP contribution in [0.2, 0.25) is 10.0 Å². The summed E-state index contributed by atoms with van der Waals surface area (Å²) >= 11 is 13.9. The summed E-state index contributed by atoms with van der Waals surface area (Å²) in [6.07, 6.45) is -0.256. The molecular weight excluding hydrogens is 483 g/mol. The number of rotatable bonds is 8. The van der Waals surface area contributed by atoms with Crippen molar-refractivity contribution in [2.75, 3.05) is 26.6 Å². The number of fused-ring (bicyclic) bond motifs is 1. The second-order valence-electron chi connectivity index (χ2n) is 6.49. The van der Waals surface area contributed by atoms with Crippen molar-refractivity contribution in [2.45, 2.75) is 17.9 Å². The number of ether oxygens (including phenoxy) is 2. The van der Waals surface area contributed by atoms with Crippen LogP contribution in [0.15, 0.2) is 46.3 Å². The van der Waals surface area contributed by atoms with Crippen molar-refractivity contribution in [2.24, 2.45) is 4.99 Å². The SMILES string of the molecule is COCCn1c(=NC(=O)CCS(=O)(=O)c2ccc(OC)cc2)sc2c(Cl)ccc(Cl)c21. The quantitative estimate of drug-likeness (QED) is 0.465. The monoisotopic (exact) mass is 502 g/mol. The van der Waals surface area contributed by atoms with Gasteiger partial charge in [0, 0.05) is 20.1 Å². The summed E-state index contributed by atoms with van der Waals surface area (Å²) < 4.78 is 37.7. The number of hydrogen-bond donors (Lipinski definition) is 0. The Labute approximate surface area is 193 Å². The molecular formula is C20H20Cl2N2O5S2. The van der Waals surface area contributed by atoms with Gasteiger partial charge in [0.1, 0.15) is 5.75 Å². The molecule has 1 heterocycles. The van der Waals surface area contributed by atoms with E-state index in [1.54, 1.807) is 35.9 Å². The number of halogens is 2. The molecule has 0 saturated heterocycles. The molecule has 2 aromatic carbocycles. The minimum atomic E-state index is -3.64. The van der Waals surface area contributed by atoms with Crippen LogP contribution in [0.5, 0.6) is 5.75 Å². The predicted octanol–water partition coefficient (Wildman–Crippen LogP) is 3.96. The van der Waals surface area contributed by atoms with E-state index in [4.69, 9.17) is 32.7 Å². The van der Waals surface area contributed by atoms with Gasteiger partial charge in [-0.05, 0) is 36.4 Å². The third-order valence-electron chi connectivity index (χ3n) is 4.47. The highest BCUT2D eigenvalue weighted by Gasteiger charge is 2.18. The Morgan fingerprint density at radius 2 is 1.77 bits per heavy atom. The van der Waals surface area contributed by atoms with E-state index in [2.05, 4.69) is 4.99 Å². The molecule has 0 aliphatic rings. The van der Waals surface area contributed by atoms with Gasteiger partial charge in [-0.15, -0.1) is 0 Å². The summed E-state index contributed by atoms with van der Waals surface area (Å²) in [5.74, 6) is -0.360. The van der Waals surface area contributed by atoms with Crippen LogP contribution in [0.25, 0.3) is 10.2 Å². The molecule has 1 aromatic heterocycles. The van der Waals surface area contributed by atoms with Crippen LogP contribution in [0, 0.1) is 0 Å². The van der Waals surface area contributed by atoms with E-state index in [0.717, 1.165) is 0 Å². The number of hydrogen-bond acceptors (Lipinski definition) is 6. The van der Waals surface area contributed by atoms with Crippen molar-refractivity contribution in [3.05, 3.63) is 51.2 Å². The minimum absolute atomic E-state index is 0.122. The number of sulfone groups is 1. The minimum Gasteiger partial charge on any atom is -0.497 e. The van der Waals surface area contributed by atoms with Crippen LogP contribution in [0.3, 0.4) is 0 Å². The van der Waals surface area contributed by atoms with Crippen LogP contribution >= 0.6 is 34.5 Å². The first kappa shape index (κ1) is 23.7. The third kappa shape index (κ3) is 5.48. The Hall–Kier alpha value is -1.91. The van der Waals surface area contributed by atoms with E-state index < -0.39 is 15.7 Å².